The molecule has 1 heterocycles. The van der Waals surface area contributed by atoms with Gasteiger partial charge in [-0.05, 0) is 34.9 Å². The summed E-state index contributed by atoms with van der Waals surface area (Å²) in [6, 6.07) is 25.7. The normalized spacial score (nSPS) is 15.3. The van der Waals surface area contributed by atoms with Gasteiger partial charge in [-0.25, -0.2) is 0 Å². The minimum atomic E-state index is -4.40. The average molecular weight is 451 g/mol. The van der Waals surface area contributed by atoms with Gasteiger partial charge in [-0.3, -0.25) is 9.69 Å². The van der Waals surface area contributed by atoms with Crippen molar-refractivity contribution in [3.8, 4) is 0 Å². The Hall–Kier alpha value is -3.38. The molecule has 6 heteroatoms. The maximum Gasteiger partial charge on any atom is 0.416 e. The molecule has 0 N–H and O–H groups in total. The highest BCUT2D eigenvalue weighted by Gasteiger charge is 2.30. The van der Waals surface area contributed by atoms with Crippen LogP contribution in [0.5, 0.6) is 0 Å². The Morgan fingerprint density at radius 3 is 1.91 bits per heavy atom. The molecule has 170 valence electrons. The van der Waals surface area contributed by atoms with Gasteiger partial charge in [0, 0.05) is 32.3 Å². The summed E-state index contributed by atoms with van der Waals surface area (Å²) in [6.07, 6.45) is -1.60. The summed E-state index contributed by atoms with van der Waals surface area (Å²) in [5.41, 5.74) is 2.03. The van der Waals surface area contributed by atoms with Crippen LogP contribution in [0.25, 0.3) is 6.08 Å². The smallest absolute Gasteiger partial charge is 0.337 e. The van der Waals surface area contributed by atoms with E-state index < -0.39 is 11.7 Å². The van der Waals surface area contributed by atoms with E-state index in [2.05, 4.69) is 29.2 Å². The molecule has 0 unspecified atom stereocenters. The van der Waals surface area contributed by atoms with Gasteiger partial charge in [0.1, 0.15) is 0 Å². The molecular weight excluding hydrogens is 425 g/mol. The number of nitrogens with zero attached hydrogens (tertiary/aromatic N) is 2. The molecule has 0 atom stereocenters. The van der Waals surface area contributed by atoms with Crippen LogP contribution in [0.2, 0.25) is 0 Å². The van der Waals surface area contributed by atoms with Crippen LogP contribution in [0.1, 0.15) is 28.3 Å². The van der Waals surface area contributed by atoms with E-state index in [1.54, 1.807) is 11.0 Å². The second-order valence-electron chi connectivity index (χ2n) is 8.04. The number of hydrogen-bond acceptors (Lipinski definition) is 2. The number of carbonyl (C=O) groups excluding carboxylic acids is 1. The molecule has 0 bridgehead atoms. The van der Waals surface area contributed by atoms with Gasteiger partial charge in [0.2, 0.25) is 5.91 Å². The van der Waals surface area contributed by atoms with Gasteiger partial charge in [-0.1, -0.05) is 72.8 Å². The molecule has 4 rings (SSSR count). The van der Waals surface area contributed by atoms with E-state index in [0.29, 0.717) is 31.7 Å². The number of hydrogen-bond donors (Lipinski definition) is 0. The van der Waals surface area contributed by atoms with Crippen molar-refractivity contribution >= 4 is 12.0 Å². The summed E-state index contributed by atoms with van der Waals surface area (Å²) in [5, 5.41) is 0. The Labute approximate surface area is 191 Å². The van der Waals surface area contributed by atoms with Crippen molar-refractivity contribution in [1.29, 1.82) is 0 Å². The van der Waals surface area contributed by atoms with Crippen LogP contribution in [-0.2, 0) is 11.0 Å². The van der Waals surface area contributed by atoms with E-state index >= 15 is 0 Å². The van der Waals surface area contributed by atoms with E-state index in [4.69, 9.17) is 0 Å². The topological polar surface area (TPSA) is 23.6 Å². The highest BCUT2D eigenvalue weighted by atomic mass is 19.4. The maximum atomic E-state index is 12.9. The third kappa shape index (κ3) is 5.71. The van der Waals surface area contributed by atoms with E-state index in [0.717, 1.165) is 12.1 Å². The Bertz CT molecular complexity index is 1050. The van der Waals surface area contributed by atoms with E-state index in [9.17, 15) is 18.0 Å². The summed E-state index contributed by atoms with van der Waals surface area (Å²) in [6.45, 7) is 2.53. The zero-order valence-corrected chi connectivity index (χ0v) is 18.1. The molecule has 0 aromatic heterocycles. The zero-order valence-electron chi connectivity index (χ0n) is 18.1. The van der Waals surface area contributed by atoms with E-state index in [1.807, 2.05) is 36.4 Å². The molecule has 3 nitrogen and oxygen atoms in total. The van der Waals surface area contributed by atoms with Crippen molar-refractivity contribution in [2.75, 3.05) is 26.2 Å². The molecule has 3 aromatic rings. The van der Waals surface area contributed by atoms with Gasteiger partial charge >= 0.3 is 6.18 Å². The average Bonchev–Trinajstić information content (AvgIpc) is 2.84. The number of carbonyl (C=O) groups is 1. The summed E-state index contributed by atoms with van der Waals surface area (Å²) in [5.74, 6) is -0.192. The quantitative estimate of drug-likeness (QED) is 0.469. The van der Waals surface area contributed by atoms with Crippen LogP contribution in [0.3, 0.4) is 0 Å². The SMILES string of the molecule is O=C(/C=C/c1cccc(C(F)(F)F)c1)N1CCN(C(c2ccccc2)c2ccccc2)CC1. The molecule has 1 saturated heterocycles. The van der Waals surface area contributed by atoms with Crippen LogP contribution >= 0.6 is 0 Å². The first-order chi connectivity index (χ1) is 15.9. The lowest BCUT2D eigenvalue weighted by atomic mass is 9.96. The fourth-order valence-electron chi connectivity index (χ4n) is 4.18. The zero-order chi connectivity index (χ0) is 23.3. The molecule has 0 radical (unpaired) electrons. The first-order valence-electron chi connectivity index (χ1n) is 10.9. The fraction of sp³-hybridized carbons (Fsp3) is 0.222. The number of amides is 1. The number of benzene rings is 3. The lowest BCUT2D eigenvalue weighted by molar-refractivity contribution is -0.137. The standard InChI is InChI=1S/C27H25F3N2O/c28-27(29,30)24-13-7-8-21(20-24)14-15-25(33)31-16-18-32(19-17-31)26(22-9-3-1-4-10-22)23-11-5-2-6-12-23/h1-15,20,26H,16-19H2/b15-14+. The minimum absolute atomic E-state index is 0.102. The predicted octanol–water partition coefficient (Wildman–Crippen LogP) is 5.65. The number of rotatable bonds is 5. The van der Waals surface area contributed by atoms with Crippen molar-refractivity contribution in [2.45, 2.75) is 12.2 Å². The van der Waals surface area contributed by atoms with Crippen molar-refractivity contribution in [3.63, 3.8) is 0 Å². The van der Waals surface area contributed by atoms with E-state index in [1.165, 1.54) is 29.3 Å². The highest BCUT2D eigenvalue weighted by Crippen LogP contribution is 2.30. The van der Waals surface area contributed by atoms with Crippen molar-refractivity contribution < 1.29 is 18.0 Å². The van der Waals surface area contributed by atoms with E-state index in [-0.39, 0.29) is 11.9 Å². The third-order valence-electron chi connectivity index (χ3n) is 5.85. The lowest BCUT2D eigenvalue weighted by Gasteiger charge is -2.39. The van der Waals surface area contributed by atoms with Gasteiger partial charge in [0.25, 0.3) is 0 Å². The summed E-state index contributed by atoms with van der Waals surface area (Å²) < 4.78 is 38.7. The number of piperazine rings is 1. The van der Waals surface area contributed by atoms with Gasteiger partial charge in [0.15, 0.2) is 0 Å². The largest absolute Gasteiger partial charge is 0.416 e. The van der Waals surface area contributed by atoms with Crippen molar-refractivity contribution in [2.24, 2.45) is 0 Å². The second kappa shape index (κ2) is 10.0. The monoisotopic (exact) mass is 450 g/mol. The fourth-order valence-corrected chi connectivity index (χ4v) is 4.18. The van der Waals surface area contributed by atoms with Crippen LogP contribution in [-0.4, -0.2) is 41.9 Å². The van der Waals surface area contributed by atoms with Crippen molar-refractivity contribution in [3.05, 3.63) is 113 Å². The molecule has 0 aliphatic carbocycles. The Morgan fingerprint density at radius 2 is 1.36 bits per heavy atom. The first-order valence-corrected chi connectivity index (χ1v) is 10.9. The van der Waals surface area contributed by atoms with Gasteiger partial charge < -0.3 is 4.90 Å². The lowest BCUT2D eigenvalue weighted by Crippen LogP contribution is -2.49. The first kappa shape index (κ1) is 22.8. The highest BCUT2D eigenvalue weighted by molar-refractivity contribution is 5.91. The Morgan fingerprint density at radius 1 is 0.788 bits per heavy atom. The Kier molecular flexibility index (Phi) is 6.94. The van der Waals surface area contributed by atoms with Crippen LogP contribution < -0.4 is 0 Å². The molecule has 1 aliphatic heterocycles. The Balaban J connectivity index is 1.42. The molecule has 1 aliphatic rings. The van der Waals surface area contributed by atoms with Crippen LogP contribution in [0, 0.1) is 0 Å². The second-order valence-corrected chi connectivity index (χ2v) is 8.04. The molecular formula is C27H25F3N2O. The number of halogens is 3. The summed E-state index contributed by atoms with van der Waals surface area (Å²) in [7, 11) is 0. The van der Waals surface area contributed by atoms with Gasteiger partial charge in [-0.15, -0.1) is 0 Å². The molecule has 3 aromatic carbocycles. The maximum absolute atomic E-state index is 12.9. The molecule has 0 saturated carbocycles. The third-order valence-corrected chi connectivity index (χ3v) is 5.85. The van der Waals surface area contributed by atoms with Crippen LogP contribution in [0.4, 0.5) is 13.2 Å². The molecule has 1 fully saturated rings. The van der Waals surface area contributed by atoms with Crippen LogP contribution in [0.15, 0.2) is 91.0 Å². The minimum Gasteiger partial charge on any atom is -0.337 e. The van der Waals surface area contributed by atoms with Gasteiger partial charge in [0.05, 0.1) is 11.6 Å². The van der Waals surface area contributed by atoms with Gasteiger partial charge in [-0.2, -0.15) is 13.2 Å². The number of alkyl halides is 3. The predicted molar refractivity (Wildman–Crippen MR) is 123 cm³/mol. The molecule has 0 spiro atoms. The molecule has 1 amide bonds. The summed E-state index contributed by atoms with van der Waals surface area (Å²) >= 11 is 0. The van der Waals surface area contributed by atoms with Crippen molar-refractivity contribution in [1.82, 2.24) is 9.80 Å². The summed E-state index contributed by atoms with van der Waals surface area (Å²) in [4.78, 5) is 16.8. The molecule has 33 heavy (non-hydrogen) atoms.